The Morgan fingerprint density at radius 3 is 2.76 bits per heavy atom. The standard InChI is InChI=1S/C20H18N2O3/c1-14-12-16(6-9-19(14)25-18-4-3-11-21-13-18)22-20(23)10-8-17-7-5-15(2)24-17/h3-13H,1-2H3,(H,22,23)/b10-8+. The normalized spacial score (nSPS) is 10.8. The first-order chi connectivity index (χ1) is 12.1. The summed E-state index contributed by atoms with van der Waals surface area (Å²) in [5.74, 6) is 2.60. The van der Waals surface area contributed by atoms with Gasteiger partial charge in [-0.2, -0.15) is 0 Å². The molecule has 1 N–H and O–H groups in total. The molecule has 126 valence electrons. The second-order valence-electron chi connectivity index (χ2n) is 5.54. The maximum absolute atomic E-state index is 12.0. The Morgan fingerprint density at radius 2 is 2.08 bits per heavy atom. The molecule has 5 heteroatoms. The molecular weight excluding hydrogens is 316 g/mol. The number of ether oxygens (including phenoxy) is 1. The second-order valence-corrected chi connectivity index (χ2v) is 5.54. The van der Waals surface area contributed by atoms with Crippen molar-refractivity contribution >= 4 is 17.7 Å². The SMILES string of the molecule is Cc1ccc(/C=C/C(=O)Nc2ccc(Oc3cccnc3)c(C)c2)o1. The monoisotopic (exact) mass is 334 g/mol. The van der Waals surface area contributed by atoms with Crippen LogP contribution < -0.4 is 10.1 Å². The molecule has 5 nitrogen and oxygen atoms in total. The molecule has 1 amide bonds. The maximum Gasteiger partial charge on any atom is 0.248 e. The van der Waals surface area contributed by atoms with E-state index in [2.05, 4.69) is 10.3 Å². The van der Waals surface area contributed by atoms with Crippen LogP contribution in [0, 0.1) is 13.8 Å². The van der Waals surface area contributed by atoms with Gasteiger partial charge in [-0.25, -0.2) is 0 Å². The first-order valence-corrected chi connectivity index (χ1v) is 7.84. The number of anilines is 1. The zero-order chi connectivity index (χ0) is 17.6. The lowest BCUT2D eigenvalue weighted by Gasteiger charge is -2.10. The molecule has 0 aliphatic rings. The van der Waals surface area contributed by atoms with Crippen LogP contribution >= 0.6 is 0 Å². The number of furan rings is 1. The van der Waals surface area contributed by atoms with E-state index in [9.17, 15) is 4.79 Å². The predicted molar refractivity (Wildman–Crippen MR) is 96.6 cm³/mol. The molecule has 0 radical (unpaired) electrons. The van der Waals surface area contributed by atoms with E-state index in [0.29, 0.717) is 22.9 Å². The summed E-state index contributed by atoms with van der Waals surface area (Å²) in [5.41, 5.74) is 1.61. The minimum absolute atomic E-state index is 0.227. The molecule has 0 saturated carbocycles. The van der Waals surface area contributed by atoms with E-state index in [0.717, 1.165) is 11.3 Å². The van der Waals surface area contributed by atoms with Crippen molar-refractivity contribution in [3.05, 3.63) is 78.0 Å². The maximum atomic E-state index is 12.0. The van der Waals surface area contributed by atoms with Gasteiger partial charge in [-0.1, -0.05) is 0 Å². The molecule has 0 aliphatic heterocycles. The van der Waals surface area contributed by atoms with Crippen LogP contribution in [0.2, 0.25) is 0 Å². The number of rotatable bonds is 5. The molecule has 2 heterocycles. The van der Waals surface area contributed by atoms with Gasteiger partial charge in [0.25, 0.3) is 0 Å². The van der Waals surface area contributed by atoms with Crippen molar-refractivity contribution in [2.24, 2.45) is 0 Å². The van der Waals surface area contributed by atoms with E-state index in [4.69, 9.17) is 9.15 Å². The lowest BCUT2D eigenvalue weighted by atomic mass is 10.2. The van der Waals surface area contributed by atoms with Crippen molar-refractivity contribution in [3.8, 4) is 11.5 Å². The molecule has 0 aliphatic carbocycles. The largest absolute Gasteiger partial charge is 0.462 e. The summed E-state index contributed by atoms with van der Waals surface area (Å²) in [7, 11) is 0. The highest BCUT2D eigenvalue weighted by molar-refractivity contribution is 6.01. The summed E-state index contributed by atoms with van der Waals surface area (Å²) in [6.07, 6.45) is 6.41. The fourth-order valence-electron chi connectivity index (χ4n) is 2.26. The number of pyridine rings is 1. The lowest BCUT2D eigenvalue weighted by Crippen LogP contribution is -2.07. The molecule has 0 bridgehead atoms. The topological polar surface area (TPSA) is 64.4 Å². The Labute approximate surface area is 146 Å². The Hall–Kier alpha value is -3.34. The first-order valence-electron chi connectivity index (χ1n) is 7.84. The third-order valence-electron chi connectivity index (χ3n) is 3.46. The van der Waals surface area contributed by atoms with E-state index in [-0.39, 0.29) is 5.91 Å². The molecule has 3 rings (SSSR count). The van der Waals surface area contributed by atoms with Crippen LogP contribution in [-0.2, 0) is 4.79 Å². The molecule has 0 spiro atoms. The van der Waals surface area contributed by atoms with Gasteiger partial charge < -0.3 is 14.5 Å². The van der Waals surface area contributed by atoms with Crippen LogP contribution in [-0.4, -0.2) is 10.9 Å². The van der Waals surface area contributed by atoms with Crippen LogP contribution in [0.4, 0.5) is 5.69 Å². The highest BCUT2D eigenvalue weighted by atomic mass is 16.5. The van der Waals surface area contributed by atoms with Gasteiger partial charge in [0, 0.05) is 18.0 Å². The fourth-order valence-corrected chi connectivity index (χ4v) is 2.26. The van der Waals surface area contributed by atoms with Gasteiger partial charge in [-0.05, 0) is 68.0 Å². The van der Waals surface area contributed by atoms with Gasteiger partial charge in [0.1, 0.15) is 23.0 Å². The van der Waals surface area contributed by atoms with Crippen LogP contribution in [0.3, 0.4) is 0 Å². The van der Waals surface area contributed by atoms with Gasteiger partial charge in [0.15, 0.2) is 0 Å². The van der Waals surface area contributed by atoms with Gasteiger partial charge in [-0.15, -0.1) is 0 Å². The van der Waals surface area contributed by atoms with Crippen LogP contribution in [0.15, 0.2) is 65.4 Å². The summed E-state index contributed by atoms with van der Waals surface area (Å²) in [6, 6.07) is 12.8. The quantitative estimate of drug-likeness (QED) is 0.685. The summed E-state index contributed by atoms with van der Waals surface area (Å²) >= 11 is 0. The Balaban J connectivity index is 1.64. The molecule has 1 aromatic carbocycles. The van der Waals surface area contributed by atoms with E-state index in [1.807, 2.05) is 50.2 Å². The van der Waals surface area contributed by atoms with Gasteiger partial charge >= 0.3 is 0 Å². The Morgan fingerprint density at radius 1 is 1.20 bits per heavy atom. The van der Waals surface area contributed by atoms with Crippen LogP contribution in [0.5, 0.6) is 11.5 Å². The van der Waals surface area contributed by atoms with E-state index in [1.165, 1.54) is 6.08 Å². The number of carbonyl (C=O) groups excluding carboxylic acids is 1. The average molecular weight is 334 g/mol. The number of aromatic nitrogens is 1. The zero-order valence-electron chi connectivity index (χ0n) is 14.0. The highest BCUT2D eigenvalue weighted by Crippen LogP contribution is 2.26. The second kappa shape index (κ2) is 7.49. The number of hydrogen-bond acceptors (Lipinski definition) is 4. The minimum atomic E-state index is -0.227. The number of nitrogens with zero attached hydrogens (tertiary/aromatic N) is 1. The molecule has 0 unspecified atom stereocenters. The van der Waals surface area contributed by atoms with Gasteiger partial charge in [0.2, 0.25) is 5.91 Å². The zero-order valence-corrected chi connectivity index (χ0v) is 14.0. The number of nitrogens with one attached hydrogen (secondary N) is 1. The van der Waals surface area contributed by atoms with Crippen molar-refractivity contribution < 1.29 is 13.9 Å². The highest BCUT2D eigenvalue weighted by Gasteiger charge is 2.05. The third kappa shape index (κ3) is 4.57. The summed E-state index contributed by atoms with van der Waals surface area (Å²) in [6.45, 7) is 3.78. The van der Waals surface area contributed by atoms with Crippen molar-refractivity contribution in [1.29, 1.82) is 0 Å². The molecule has 3 aromatic rings. The number of benzene rings is 1. The van der Waals surface area contributed by atoms with Crippen LogP contribution in [0.1, 0.15) is 17.1 Å². The number of amides is 1. The Kier molecular flexibility index (Phi) is 4.95. The molecule has 25 heavy (non-hydrogen) atoms. The van der Waals surface area contributed by atoms with E-state index in [1.54, 1.807) is 24.5 Å². The minimum Gasteiger partial charge on any atom is -0.462 e. The lowest BCUT2D eigenvalue weighted by molar-refractivity contribution is -0.111. The van der Waals surface area contributed by atoms with Crippen LogP contribution in [0.25, 0.3) is 6.08 Å². The van der Waals surface area contributed by atoms with Gasteiger partial charge in [0.05, 0.1) is 6.20 Å². The van der Waals surface area contributed by atoms with E-state index < -0.39 is 0 Å². The predicted octanol–water partition coefficient (Wildman–Crippen LogP) is 4.74. The molecule has 0 fully saturated rings. The van der Waals surface area contributed by atoms with Crippen molar-refractivity contribution in [3.63, 3.8) is 0 Å². The first kappa shape index (κ1) is 16.5. The molecule has 0 atom stereocenters. The molecular formula is C20H18N2O3. The van der Waals surface area contributed by atoms with Crippen molar-refractivity contribution in [2.45, 2.75) is 13.8 Å². The summed E-state index contributed by atoms with van der Waals surface area (Å²) < 4.78 is 11.2. The number of aryl methyl sites for hydroxylation is 2. The fraction of sp³-hybridized carbons (Fsp3) is 0.100. The summed E-state index contributed by atoms with van der Waals surface area (Å²) in [4.78, 5) is 16.0. The summed E-state index contributed by atoms with van der Waals surface area (Å²) in [5, 5.41) is 2.82. The van der Waals surface area contributed by atoms with E-state index >= 15 is 0 Å². The number of carbonyl (C=O) groups is 1. The average Bonchev–Trinajstić information content (AvgIpc) is 3.02. The smallest absolute Gasteiger partial charge is 0.248 e. The molecule has 2 aromatic heterocycles. The van der Waals surface area contributed by atoms with Gasteiger partial charge in [-0.3, -0.25) is 9.78 Å². The number of hydrogen-bond donors (Lipinski definition) is 1. The van der Waals surface area contributed by atoms with Crippen molar-refractivity contribution in [2.75, 3.05) is 5.32 Å². The third-order valence-corrected chi connectivity index (χ3v) is 3.46. The Bertz CT molecular complexity index is 898. The van der Waals surface area contributed by atoms with Crippen molar-refractivity contribution in [1.82, 2.24) is 4.98 Å². The molecule has 0 saturated heterocycles.